The van der Waals surface area contributed by atoms with E-state index in [1.165, 1.54) is 0 Å². The molecule has 0 aliphatic carbocycles. The fraction of sp³-hybridized carbons (Fsp3) is 0.533. The minimum Gasteiger partial charge on any atom is -0.349 e. The molecule has 0 fully saturated rings. The second-order valence-corrected chi connectivity index (χ2v) is 5.76. The topological polar surface area (TPSA) is 55.1 Å². The normalized spacial score (nSPS) is 13.1. The van der Waals surface area contributed by atoms with E-state index in [9.17, 15) is 4.79 Å². The van der Waals surface area contributed by atoms with Crippen LogP contribution in [0.3, 0.4) is 0 Å². The number of carbonyl (C=O) groups is 1. The average Bonchev–Trinajstić information content (AvgIpc) is 2.41. The predicted molar refractivity (Wildman–Crippen MR) is 82.8 cm³/mol. The SMILES string of the molecule is CCC(CC)(CN)C(=O)N[C@@H](C)c1ccccc1Br. The third-order valence-corrected chi connectivity index (χ3v) is 4.67. The van der Waals surface area contributed by atoms with Gasteiger partial charge < -0.3 is 11.1 Å². The van der Waals surface area contributed by atoms with Crippen LogP contribution in [0.15, 0.2) is 28.7 Å². The molecule has 1 aromatic rings. The van der Waals surface area contributed by atoms with Gasteiger partial charge in [-0.2, -0.15) is 0 Å². The smallest absolute Gasteiger partial charge is 0.227 e. The van der Waals surface area contributed by atoms with Crippen molar-refractivity contribution in [1.82, 2.24) is 5.32 Å². The van der Waals surface area contributed by atoms with Crippen LogP contribution in [0.25, 0.3) is 0 Å². The minimum absolute atomic E-state index is 0.0351. The summed E-state index contributed by atoms with van der Waals surface area (Å²) in [5.74, 6) is 0.0447. The zero-order valence-electron chi connectivity index (χ0n) is 11.9. The first-order chi connectivity index (χ1) is 9.00. The lowest BCUT2D eigenvalue weighted by Gasteiger charge is -2.30. The van der Waals surface area contributed by atoms with Gasteiger partial charge in [0.2, 0.25) is 5.91 Å². The van der Waals surface area contributed by atoms with Gasteiger partial charge in [0.15, 0.2) is 0 Å². The highest BCUT2D eigenvalue weighted by Crippen LogP contribution is 2.28. The van der Waals surface area contributed by atoms with Crippen molar-refractivity contribution in [2.24, 2.45) is 11.1 Å². The van der Waals surface area contributed by atoms with Gasteiger partial charge in [0, 0.05) is 11.0 Å². The first-order valence-electron chi connectivity index (χ1n) is 6.76. The van der Waals surface area contributed by atoms with Crippen LogP contribution < -0.4 is 11.1 Å². The second kappa shape index (κ2) is 7.06. The Morgan fingerprint density at radius 2 is 1.95 bits per heavy atom. The van der Waals surface area contributed by atoms with Gasteiger partial charge in [-0.25, -0.2) is 0 Å². The van der Waals surface area contributed by atoms with Crippen LogP contribution in [-0.4, -0.2) is 12.5 Å². The summed E-state index contributed by atoms with van der Waals surface area (Å²) in [7, 11) is 0. The van der Waals surface area contributed by atoms with Gasteiger partial charge in [0.1, 0.15) is 0 Å². The molecule has 4 heteroatoms. The lowest BCUT2D eigenvalue weighted by atomic mass is 9.81. The van der Waals surface area contributed by atoms with Crippen LogP contribution in [0.1, 0.15) is 45.2 Å². The van der Waals surface area contributed by atoms with Gasteiger partial charge in [-0.1, -0.05) is 48.0 Å². The number of carbonyl (C=O) groups excluding carboxylic acids is 1. The number of nitrogens with one attached hydrogen (secondary N) is 1. The molecule has 1 amide bonds. The van der Waals surface area contributed by atoms with Crippen molar-refractivity contribution in [3.05, 3.63) is 34.3 Å². The van der Waals surface area contributed by atoms with Crippen LogP contribution in [-0.2, 0) is 4.79 Å². The molecule has 0 spiro atoms. The Labute approximate surface area is 124 Å². The Balaban J connectivity index is 2.85. The summed E-state index contributed by atoms with van der Waals surface area (Å²) in [6.07, 6.45) is 1.52. The maximum atomic E-state index is 12.4. The van der Waals surface area contributed by atoms with Crippen LogP contribution in [0.2, 0.25) is 0 Å². The fourth-order valence-corrected chi connectivity index (χ4v) is 2.83. The molecule has 0 aliphatic heterocycles. The highest BCUT2D eigenvalue weighted by molar-refractivity contribution is 9.10. The Morgan fingerprint density at radius 3 is 2.42 bits per heavy atom. The van der Waals surface area contributed by atoms with Gasteiger partial charge in [-0.3, -0.25) is 4.79 Å². The van der Waals surface area contributed by atoms with E-state index in [4.69, 9.17) is 5.73 Å². The summed E-state index contributed by atoms with van der Waals surface area (Å²) >= 11 is 3.51. The summed E-state index contributed by atoms with van der Waals surface area (Å²) in [5, 5.41) is 3.08. The largest absolute Gasteiger partial charge is 0.349 e. The second-order valence-electron chi connectivity index (χ2n) is 4.91. The number of hydrogen-bond acceptors (Lipinski definition) is 2. The molecule has 0 aliphatic rings. The first-order valence-corrected chi connectivity index (χ1v) is 7.55. The summed E-state index contributed by atoms with van der Waals surface area (Å²) < 4.78 is 1.01. The van der Waals surface area contributed by atoms with Crippen LogP contribution in [0.5, 0.6) is 0 Å². The maximum absolute atomic E-state index is 12.4. The average molecular weight is 327 g/mol. The molecule has 0 bridgehead atoms. The fourth-order valence-electron chi connectivity index (χ4n) is 2.21. The minimum atomic E-state index is -0.449. The van der Waals surface area contributed by atoms with E-state index in [0.29, 0.717) is 6.54 Å². The molecule has 0 saturated heterocycles. The van der Waals surface area contributed by atoms with Crippen molar-refractivity contribution >= 4 is 21.8 Å². The number of nitrogens with two attached hydrogens (primary N) is 1. The van der Waals surface area contributed by atoms with Crippen molar-refractivity contribution in [2.45, 2.75) is 39.7 Å². The molecule has 0 radical (unpaired) electrons. The summed E-state index contributed by atoms with van der Waals surface area (Å²) in [6.45, 7) is 6.40. The standard InChI is InChI=1S/C15H23BrN2O/c1-4-15(5-2,10-17)14(19)18-11(3)12-8-6-7-9-13(12)16/h6-9,11H,4-5,10,17H2,1-3H3,(H,18,19)/t11-/m0/s1. The Bertz CT molecular complexity index is 422. The molecule has 0 aromatic heterocycles. The molecule has 0 heterocycles. The Hall–Kier alpha value is -0.870. The summed E-state index contributed by atoms with van der Waals surface area (Å²) in [6, 6.07) is 7.89. The predicted octanol–water partition coefficient (Wildman–Crippen LogP) is 3.39. The molecule has 1 aromatic carbocycles. The highest BCUT2D eigenvalue weighted by atomic mass is 79.9. The van der Waals surface area contributed by atoms with E-state index in [1.54, 1.807) is 0 Å². The van der Waals surface area contributed by atoms with Gasteiger partial charge in [-0.05, 0) is 31.4 Å². The van der Waals surface area contributed by atoms with E-state index in [2.05, 4.69) is 21.2 Å². The molecule has 0 unspecified atom stereocenters. The molecule has 1 atom stereocenters. The quantitative estimate of drug-likeness (QED) is 0.841. The highest BCUT2D eigenvalue weighted by Gasteiger charge is 2.34. The lowest BCUT2D eigenvalue weighted by Crippen LogP contribution is -2.46. The maximum Gasteiger partial charge on any atom is 0.227 e. The van der Waals surface area contributed by atoms with Crippen LogP contribution in [0, 0.1) is 5.41 Å². The van der Waals surface area contributed by atoms with Crippen LogP contribution >= 0.6 is 15.9 Å². The van der Waals surface area contributed by atoms with Crippen molar-refractivity contribution in [1.29, 1.82) is 0 Å². The Kier molecular flexibility index (Phi) is 6.01. The van der Waals surface area contributed by atoms with Gasteiger partial charge in [0.25, 0.3) is 0 Å². The Morgan fingerprint density at radius 1 is 1.37 bits per heavy atom. The summed E-state index contributed by atoms with van der Waals surface area (Å²) in [5.41, 5.74) is 6.43. The van der Waals surface area contributed by atoms with Gasteiger partial charge >= 0.3 is 0 Å². The van der Waals surface area contributed by atoms with Crippen molar-refractivity contribution in [3.8, 4) is 0 Å². The molecule has 3 nitrogen and oxygen atoms in total. The number of benzene rings is 1. The molecule has 19 heavy (non-hydrogen) atoms. The number of halogens is 1. The van der Waals surface area contributed by atoms with Crippen molar-refractivity contribution in [2.75, 3.05) is 6.54 Å². The monoisotopic (exact) mass is 326 g/mol. The van der Waals surface area contributed by atoms with Crippen molar-refractivity contribution in [3.63, 3.8) is 0 Å². The molecule has 1 rings (SSSR count). The summed E-state index contributed by atoms with van der Waals surface area (Å²) in [4.78, 5) is 12.4. The van der Waals surface area contributed by atoms with E-state index in [1.807, 2.05) is 45.0 Å². The first kappa shape index (κ1) is 16.2. The molecular weight excluding hydrogens is 304 g/mol. The zero-order chi connectivity index (χ0) is 14.5. The number of amides is 1. The van der Waals surface area contributed by atoms with Gasteiger partial charge in [-0.15, -0.1) is 0 Å². The zero-order valence-corrected chi connectivity index (χ0v) is 13.5. The van der Waals surface area contributed by atoms with Crippen molar-refractivity contribution < 1.29 is 4.79 Å². The van der Waals surface area contributed by atoms with E-state index < -0.39 is 5.41 Å². The number of rotatable bonds is 6. The lowest BCUT2D eigenvalue weighted by molar-refractivity contribution is -0.131. The van der Waals surface area contributed by atoms with E-state index in [-0.39, 0.29) is 11.9 Å². The molecule has 0 saturated carbocycles. The van der Waals surface area contributed by atoms with Crippen LogP contribution in [0.4, 0.5) is 0 Å². The molecule has 106 valence electrons. The number of hydrogen-bond donors (Lipinski definition) is 2. The third kappa shape index (κ3) is 3.57. The van der Waals surface area contributed by atoms with E-state index in [0.717, 1.165) is 22.9 Å². The third-order valence-electron chi connectivity index (χ3n) is 3.95. The van der Waals surface area contributed by atoms with E-state index >= 15 is 0 Å². The van der Waals surface area contributed by atoms with Gasteiger partial charge in [0.05, 0.1) is 11.5 Å². The molecule has 3 N–H and O–H groups in total. The molecular formula is C15H23BrN2O.